The standard InChI is InChI=1S/C12H14N2O2/c1-14-11(15)7-10(12(14)16)13-8-9-5-3-2-4-6-9/h2-6,10,13H,7-8H2,1H3. The molecule has 0 saturated carbocycles. The van der Waals surface area contributed by atoms with Gasteiger partial charge in [0, 0.05) is 13.6 Å². The molecule has 1 saturated heterocycles. The van der Waals surface area contributed by atoms with E-state index in [-0.39, 0.29) is 24.3 Å². The van der Waals surface area contributed by atoms with Crippen molar-refractivity contribution in [1.82, 2.24) is 10.2 Å². The van der Waals surface area contributed by atoms with Gasteiger partial charge in [-0.25, -0.2) is 0 Å². The van der Waals surface area contributed by atoms with Crippen LogP contribution in [-0.2, 0) is 16.1 Å². The molecule has 1 fully saturated rings. The van der Waals surface area contributed by atoms with Gasteiger partial charge in [0.1, 0.15) is 0 Å². The highest BCUT2D eigenvalue weighted by atomic mass is 16.2. The first-order valence-corrected chi connectivity index (χ1v) is 5.26. The van der Waals surface area contributed by atoms with Crippen molar-refractivity contribution in [2.75, 3.05) is 7.05 Å². The zero-order chi connectivity index (χ0) is 11.5. The fraction of sp³-hybridized carbons (Fsp3) is 0.333. The van der Waals surface area contributed by atoms with Gasteiger partial charge < -0.3 is 5.32 Å². The summed E-state index contributed by atoms with van der Waals surface area (Å²) in [6.45, 7) is 0.609. The van der Waals surface area contributed by atoms with Gasteiger partial charge in [0.25, 0.3) is 0 Å². The number of nitrogens with zero attached hydrogens (tertiary/aromatic N) is 1. The number of benzene rings is 1. The quantitative estimate of drug-likeness (QED) is 0.753. The topological polar surface area (TPSA) is 49.4 Å². The van der Waals surface area contributed by atoms with Crippen LogP contribution in [0.25, 0.3) is 0 Å². The third-order valence-electron chi connectivity index (χ3n) is 2.78. The highest BCUT2D eigenvalue weighted by molar-refractivity contribution is 6.05. The Morgan fingerprint density at radius 1 is 1.31 bits per heavy atom. The van der Waals surface area contributed by atoms with Gasteiger partial charge in [-0.15, -0.1) is 0 Å². The number of carbonyl (C=O) groups excluding carboxylic acids is 2. The third-order valence-corrected chi connectivity index (χ3v) is 2.78. The van der Waals surface area contributed by atoms with Crippen molar-refractivity contribution in [2.45, 2.75) is 19.0 Å². The molecular formula is C12H14N2O2. The molecule has 1 heterocycles. The molecular weight excluding hydrogens is 204 g/mol. The molecule has 4 nitrogen and oxygen atoms in total. The van der Waals surface area contributed by atoms with Gasteiger partial charge in [-0.3, -0.25) is 14.5 Å². The lowest BCUT2D eigenvalue weighted by Gasteiger charge is -2.10. The molecule has 2 rings (SSSR count). The lowest BCUT2D eigenvalue weighted by atomic mass is 10.2. The maximum Gasteiger partial charge on any atom is 0.246 e. The Hall–Kier alpha value is -1.68. The van der Waals surface area contributed by atoms with Crippen LogP contribution in [0.5, 0.6) is 0 Å². The van der Waals surface area contributed by atoms with E-state index < -0.39 is 0 Å². The SMILES string of the molecule is CN1C(=O)CC(NCc2ccccc2)C1=O. The van der Waals surface area contributed by atoms with Gasteiger partial charge in [0.05, 0.1) is 12.5 Å². The van der Waals surface area contributed by atoms with E-state index in [9.17, 15) is 9.59 Å². The first-order chi connectivity index (χ1) is 7.68. The van der Waals surface area contributed by atoms with Gasteiger partial charge >= 0.3 is 0 Å². The van der Waals surface area contributed by atoms with Crippen LogP contribution < -0.4 is 5.32 Å². The molecule has 2 amide bonds. The summed E-state index contributed by atoms with van der Waals surface area (Å²) in [5, 5.41) is 3.10. The zero-order valence-corrected chi connectivity index (χ0v) is 9.14. The molecule has 1 N–H and O–H groups in total. The number of hydrogen-bond acceptors (Lipinski definition) is 3. The average molecular weight is 218 g/mol. The first kappa shape index (κ1) is 10.8. The van der Waals surface area contributed by atoms with Gasteiger partial charge in [-0.2, -0.15) is 0 Å². The lowest BCUT2D eigenvalue weighted by molar-refractivity contribution is -0.137. The fourth-order valence-electron chi connectivity index (χ4n) is 1.75. The van der Waals surface area contributed by atoms with Crippen LogP contribution in [0.15, 0.2) is 30.3 Å². The first-order valence-electron chi connectivity index (χ1n) is 5.26. The Kier molecular flexibility index (Phi) is 3.01. The molecule has 1 aliphatic rings. The van der Waals surface area contributed by atoms with Gasteiger partial charge in [0.15, 0.2) is 0 Å². The van der Waals surface area contributed by atoms with E-state index in [1.807, 2.05) is 30.3 Å². The second-order valence-electron chi connectivity index (χ2n) is 3.91. The second-order valence-corrected chi connectivity index (χ2v) is 3.91. The number of nitrogens with one attached hydrogen (secondary N) is 1. The summed E-state index contributed by atoms with van der Waals surface area (Å²) in [7, 11) is 1.52. The average Bonchev–Trinajstić information content (AvgIpc) is 2.56. The number of hydrogen-bond donors (Lipinski definition) is 1. The Bertz CT molecular complexity index is 403. The number of amides is 2. The van der Waals surface area contributed by atoms with Crippen LogP contribution in [0.4, 0.5) is 0 Å². The van der Waals surface area contributed by atoms with Crippen molar-refractivity contribution in [1.29, 1.82) is 0 Å². The van der Waals surface area contributed by atoms with Crippen molar-refractivity contribution in [3.8, 4) is 0 Å². The Morgan fingerprint density at radius 3 is 2.56 bits per heavy atom. The molecule has 1 unspecified atom stereocenters. The summed E-state index contributed by atoms with van der Waals surface area (Å²) in [6, 6.07) is 9.45. The minimum Gasteiger partial charge on any atom is -0.301 e. The molecule has 0 aliphatic carbocycles. The van der Waals surface area contributed by atoms with Crippen LogP contribution in [0, 0.1) is 0 Å². The molecule has 1 aromatic carbocycles. The van der Waals surface area contributed by atoms with Crippen molar-refractivity contribution in [3.63, 3.8) is 0 Å². The van der Waals surface area contributed by atoms with Crippen LogP contribution in [0.3, 0.4) is 0 Å². The summed E-state index contributed by atoms with van der Waals surface area (Å²) >= 11 is 0. The Morgan fingerprint density at radius 2 is 2.00 bits per heavy atom. The smallest absolute Gasteiger partial charge is 0.246 e. The van der Waals surface area contributed by atoms with Crippen molar-refractivity contribution >= 4 is 11.8 Å². The number of likely N-dealkylation sites (tertiary alicyclic amines) is 1. The van der Waals surface area contributed by atoms with E-state index in [1.54, 1.807) is 0 Å². The Balaban J connectivity index is 1.92. The van der Waals surface area contributed by atoms with Crippen molar-refractivity contribution in [3.05, 3.63) is 35.9 Å². The highest BCUT2D eigenvalue weighted by Crippen LogP contribution is 2.11. The van der Waals surface area contributed by atoms with E-state index in [0.29, 0.717) is 6.54 Å². The zero-order valence-electron chi connectivity index (χ0n) is 9.14. The molecule has 1 atom stereocenters. The minimum absolute atomic E-state index is 0.115. The van der Waals surface area contributed by atoms with Crippen molar-refractivity contribution in [2.24, 2.45) is 0 Å². The van der Waals surface area contributed by atoms with Crippen LogP contribution in [0.2, 0.25) is 0 Å². The minimum atomic E-state index is -0.363. The molecule has 1 aromatic rings. The molecule has 0 aromatic heterocycles. The van der Waals surface area contributed by atoms with E-state index in [0.717, 1.165) is 5.56 Å². The van der Waals surface area contributed by atoms with E-state index >= 15 is 0 Å². The largest absolute Gasteiger partial charge is 0.301 e. The van der Waals surface area contributed by atoms with E-state index in [2.05, 4.69) is 5.32 Å². The van der Waals surface area contributed by atoms with Crippen LogP contribution in [-0.4, -0.2) is 29.8 Å². The number of carbonyl (C=O) groups is 2. The van der Waals surface area contributed by atoms with Crippen LogP contribution >= 0.6 is 0 Å². The fourth-order valence-corrected chi connectivity index (χ4v) is 1.75. The summed E-state index contributed by atoms with van der Waals surface area (Å²) in [5.41, 5.74) is 1.11. The molecule has 0 bridgehead atoms. The summed E-state index contributed by atoms with van der Waals surface area (Å²) in [5.74, 6) is -0.253. The maximum atomic E-state index is 11.6. The highest BCUT2D eigenvalue weighted by Gasteiger charge is 2.35. The number of likely N-dealkylation sites (N-methyl/N-ethyl adjacent to an activating group) is 1. The van der Waals surface area contributed by atoms with E-state index in [1.165, 1.54) is 11.9 Å². The summed E-state index contributed by atoms with van der Waals surface area (Å²) < 4.78 is 0. The van der Waals surface area contributed by atoms with Gasteiger partial charge in [-0.05, 0) is 5.56 Å². The predicted octanol–water partition coefficient (Wildman–Crippen LogP) is 0.533. The number of imide groups is 1. The van der Waals surface area contributed by atoms with E-state index in [4.69, 9.17) is 0 Å². The van der Waals surface area contributed by atoms with Crippen LogP contribution in [0.1, 0.15) is 12.0 Å². The monoisotopic (exact) mass is 218 g/mol. The lowest BCUT2D eigenvalue weighted by Crippen LogP contribution is -2.36. The molecule has 1 aliphatic heterocycles. The number of rotatable bonds is 3. The predicted molar refractivity (Wildman–Crippen MR) is 59.5 cm³/mol. The molecule has 84 valence electrons. The van der Waals surface area contributed by atoms with Gasteiger partial charge in [-0.1, -0.05) is 30.3 Å². The molecule has 16 heavy (non-hydrogen) atoms. The summed E-state index contributed by atoms with van der Waals surface area (Å²) in [4.78, 5) is 24.0. The second kappa shape index (κ2) is 4.45. The normalized spacial score (nSPS) is 20.6. The maximum absolute atomic E-state index is 11.6. The third kappa shape index (κ3) is 2.12. The van der Waals surface area contributed by atoms with Crippen molar-refractivity contribution < 1.29 is 9.59 Å². The molecule has 0 spiro atoms. The van der Waals surface area contributed by atoms with Gasteiger partial charge in [0.2, 0.25) is 11.8 Å². The molecule has 0 radical (unpaired) electrons. The Labute approximate surface area is 94.2 Å². The summed E-state index contributed by atoms with van der Waals surface area (Å²) in [6.07, 6.45) is 0.266. The molecule has 4 heteroatoms.